The molecular formula is C37H37F2N5O6. The number of ether oxygens (including phenoxy) is 2. The van der Waals surface area contributed by atoms with E-state index in [4.69, 9.17) is 20.5 Å². The lowest BCUT2D eigenvalue weighted by atomic mass is 10.1. The number of nitrogens with zero attached hydrogens (tertiary/aromatic N) is 4. The maximum absolute atomic E-state index is 15.3. The Kier molecular flexibility index (Phi) is 9.22. The van der Waals surface area contributed by atoms with Gasteiger partial charge in [0.1, 0.15) is 35.6 Å². The van der Waals surface area contributed by atoms with Crippen LogP contribution in [0.4, 0.5) is 14.5 Å². The van der Waals surface area contributed by atoms with E-state index < -0.39 is 41.1 Å². The van der Waals surface area contributed by atoms with E-state index in [1.807, 2.05) is 11.0 Å². The maximum atomic E-state index is 15.3. The van der Waals surface area contributed by atoms with Crippen molar-refractivity contribution in [2.24, 2.45) is 5.73 Å². The number of hydrogen-bond donors (Lipinski definition) is 1. The number of amides is 3. The molecule has 1 aliphatic carbocycles. The molecule has 2 unspecified atom stereocenters. The predicted octanol–water partition coefficient (Wildman–Crippen LogP) is 4.45. The van der Waals surface area contributed by atoms with Crippen LogP contribution in [0.1, 0.15) is 77.4 Å². The van der Waals surface area contributed by atoms with Crippen LogP contribution in [0.5, 0.6) is 5.75 Å². The van der Waals surface area contributed by atoms with Crippen molar-refractivity contribution >= 4 is 29.4 Å². The molecule has 3 aromatic carbocycles. The van der Waals surface area contributed by atoms with Gasteiger partial charge in [0.2, 0.25) is 5.91 Å². The molecular weight excluding hydrogens is 648 g/mol. The average Bonchev–Trinajstić information content (AvgIpc) is 3.80. The summed E-state index contributed by atoms with van der Waals surface area (Å²) in [5.74, 6) is -2.82. The van der Waals surface area contributed by atoms with E-state index >= 15 is 4.39 Å². The molecule has 11 nitrogen and oxygen atoms in total. The minimum absolute atomic E-state index is 0.00935. The zero-order valence-electron chi connectivity index (χ0n) is 27.9. The lowest BCUT2D eigenvalue weighted by Crippen LogP contribution is -2.49. The van der Waals surface area contributed by atoms with E-state index in [0.717, 1.165) is 0 Å². The molecule has 2 fully saturated rings. The third-order valence-electron chi connectivity index (χ3n) is 9.14. The number of esters is 1. The van der Waals surface area contributed by atoms with Gasteiger partial charge >= 0.3 is 5.97 Å². The average molecular weight is 686 g/mol. The molecule has 0 aromatic heterocycles. The highest BCUT2D eigenvalue weighted by atomic mass is 19.1. The lowest BCUT2D eigenvalue weighted by Gasteiger charge is -2.35. The van der Waals surface area contributed by atoms with Gasteiger partial charge in [0.25, 0.3) is 11.8 Å². The Labute approximate surface area is 288 Å². The monoisotopic (exact) mass is 685 g/mol. The van der Waals surface area contributed by atoms with Crippen molar-refractivity contribution < 1.29 is 37.4 Å². The summed E-state index contributed by atoms with van der Waals surface area (Å²) in [6, 6.07) is 14.1. The van der Waals surface area contributed by atoms with Crippen molar-refractivity contribution in [2.45, 2.75) is 76.9 Å². The van der Waals surface area contributed by atoms with Gasteiger partial charge in [-0.1, -0.05) is 12.1 Å². The Morgan fingerprint density at radius 2 is 1.82 bits per heavy atom. The van der Waals surface area contributed by atoms with Crippen molar-refractivity contribution in [1.29, 1.82) is 5.26 Å². The number of carbonyl (C=O) groups excluding carboxylic acids is 4. The van der Waals surface area contributed by atoms with Crippen molar-refractivity contribution in [3.05, 3.63) is 94.0 Å². The number of nitrogens with two attached hydrogens (primary N) is 1. The number of fused-ring (bicyclic) bond motifs is 2. The highest BCUT2D eigenvalue weighted by Gasteiger charge is 2.51. The van der Waals surface area contributed by atoms with Crippen LogP contribution in [0.15, 0.2) is 54.6 Å². The number of halogens is 2. The smallest absolute Gasteiger partial charge is 0.306 e. The van der Waals surface area contributed by atoms with Crippen molar-refractivity contribution in [2.75, 3.05) is 18.0 Å². The van der Waals surface area contributed by atoms with Crippen LogP contribution in [0, 0.1) is 23.0 Å². The number of carbonyl (C=O) groups is 4. The molecule has 3 aromatic rings. The first kappa shape index (κ1) is 34.4. The summed E-state index contributed by atoms with van der Waals surface area (Å²) in [6.07, 6.45) is 0.538. The summed E-state index contributed by atoms with van der Waals surface area (Å²) < 4.78 is 41.3. The second-order valence-electron chi connectivity index (χ2n) is 13.7. The minimum Gasteiger partial charge on any atom is -0.488 e. The van der Waals surface area contributed by atoms with Crippen LogP contribution in [0.2, 0.25) is 0 Å². The van der Waals surface area contributed by atoms with E-state index in [-0.39, 0.29) is 60.7 Å². The normalized spacial score (nSPS) is 18.6. The first-order valence-corrected chi connectivity index (χ1v) is 16.4. The van der Waals surface area contributed by atoms with E-state index in [1.165, 1.54) is 29.2 Å². The number of nitriles is 1. The molecule has 0 spiro atoms. The van der Waals surface area contributed by atoms with Crippen LogP contribution in [-0.2, 0) is 27.5 Å². The third-order valence-corrected chi connectivity index (χ3v) is 9.14. The minimum atomic E-state index is -1.05. The number of piperazine rings is 1. The van der Waals surface area contributed by atoms with E-state index in [9.17, 15) is 23.6 Å². The second-order valence-corrected chi connectivity index (χ2v) is 13.7. The first-order chi connectivity index (χ1) is 23.8. The summed E-state index contributed by atoms with van der Waals surface area (Å²) in [6.45, 7) is 5.74. The molecule has 50 heavy (non-hydrogen) atoms. The molecule has 6 rings (SSSR count). The number of anilines is 1. The SMILES string of the molecule is CC(C)(C)OC(=O)CC[C@@H](C(N)=O)N1Cc2c(OCc3ccc(C(=O)N4CCN(c5ccc(C#N)cc5F)C5CC54)cc3F)cccc2C1=O. The van der Waals surface area contributed by atoms with Crippen molar-refractivity contribution in [3.63, 3.8) is 0 Å². The van der Waals surface area contributed by atoms with Gasteiger partial charge in [-0.25, -0.2) is 8.78 Å². The lowest BCUT2D eigenvalue weighted by molar-refractivity contribution is -0.155. The van der Waals surface area contributed by atoms with Gasteiger partial charge in [-0.2, -0.15) is 5.26 Å². The van der Waals surface area contributed by atoms with Gasteiger partial charge < -0.3 is 29.9 Å². The Morgan fingerprint density at radius 1 is 1.04 bits per heavy atom. The fraction of sp³-hybridized carbons (Fsp3) is 0.378. The van der Waals surface area contributed by atoms with Gasteiger partial charge in [-0.15, -0.1) is 0 Å². The fourth-order valence-electron chi connectivity index (χ4n) is 6.68. The molecule has 2 N–H and O–H groups in total. The molecule has 13 heteroatoms. The predicted molar refractivity (Wildman–Crippen MR) is 177 cm³/mol. The summed E-state index contributed by atoms with van der Waals surface area (Å²) in [7, 11) is 0. The van der Waals surface area contributed by atoms with Crippen molar-refractivity contribution in [3.8, 4) is 11.8 Å². The Balaban J connectivity index is 1.08. The summed E-state index contributed by atoms with van der Waals surface area (Å²) >= 11 is 0. The summed E-state index contributed by atoms with van der Waals surface area (Å²) in [4.78, 5) is 56.3. The third kappa shape index (κ3) is 6.96. The fourth-order valence-corrected chi connectivity index (χ4v) is 6.68. The molecule has 2 aliphatic heterocycles. The Bertz CT molecular complexity index is 1920. The maximum Gasteiger partial charge on any atom is 0.306 e. The number of benzene rings is 3. The highest BCUT2D eigenvalue weighted by Crippen LogP contribution is 2.41. The van der Waals surface area contributed by atoms with Crippen LogP contribution in [-0.4, -0.2) is 70.3 Å². The van der Waals surface area contributed by atoms with E-state index in [1.54, 1.807) is 56.0 Å². The van der Waals surface area contributed by atoms with Crippen molar-refractivity contribution in [1.82, 2.24) is 9.80 Å². The zero-order chi connectivity index (χ0) is 35.9. The Morgan fingerprint density at radius 3 is 2.50 bits per heavy atom. The van der Waals surface area contributed by atoms with Gasteiger partial charge in [-0.05, 0) is 76.1 Å². The van der Waals surface area contributed by atoms with E-state index in [0.29, 0.717) is 42.1 Å². The standard InChI is InChI=1S/C37H37F2N5O6/c1-37(2,3)50-33(45)12-11-29(34(41)46)44-19-25-24(36(44)48)5-4-6-32(25)49-20-23-9-8-22(16-26(23)38)35(47)43-14-13-42(30-17-31(30)43)28-10-7-21(18-40)15-27(28)39/h4-10,15-16,29-31H,11-14,17,19-20H2,1-3H3,(H2,41,46)/t29-,30?,31?/m0/s1. The molecule has 0 bridgehead atoms. The largest absolute Gasteiger partial charge is 0.488 e. The van der Waals surface area contributed by atoms with Gasteiger partial charge in [0.15, 0.2) is 0 Å². The number of hydrogen-bond acceptors (Lipinski definition) is 8. The van der Waals surface area contributed by atoms with Gasteiger partial charge in [0.05, 0.1) is 35.9 Å². The van der Waals surface area contributed by atoms with Crippen LogP contribution in [0.3, 0.4) is 0 Å². The van der Waals surface area contributed by atoms with Crippen LogP contribution >= 0.6 is 0 Å². The van der Waals surface area contributed by atoms with Gasteiger partial charge in [0, 0.05) is 41.8 Å². The molecule has 2 heterocycles. The quantitative estimate of drug-likeness (QED) is 0.308. The first-order valence-electron chi connectivity index (χ1n) is 16.4. The molecule has 1 saturated heterocycles. The molecule has 260 valence electrons. The highest BCUT2D eigenvalue weighted by molar-refractivity contribution is 6.01. The molecule has 3 atom stereocenters. The summed E-state index contributed by atoms with van der Waals surface area (Å²) in [5.41, 5.74) is 6.77. The Hall–Kier alpha value is -5.51. The topological polar surface area (TPSA) is 146 Å². The zero-order valence-corrected chi connectivity index (χ0v) is 27.9. The number of rotatable bonds is 10. The van der Waals surface area contributed by atoms with Crippen LogP contribution < -0.4 is 15.4 Å². The second kappa shape index (κ2) is 13.4. The molecule has 3 amide bonds. The molecule has 1 saturated carbocycles. The van der Waals surface area contributed by atoms with Gasteiger partial charge in [-0.3, -0.25) is 19.2 Å². The molecule has 0 radical (unpaired) electrons. The summed E-state index contributed by atoms with van der Waals surface area (Å²) in [5, 5.41) is 9.03. The van der Waals surface area contributed by atoms with E-state index in [2.05, 4.69) is 0 Å². The number of primary amides is 1. The van der Waals surface area contributed by atoms with Crippen LogP contribution in [0.25, 0.3) is 0 Å². The molecule has 3 aliphatic rings.